The first-order chi connectivity index (χ1) is 8.82. The van der Waals surface area contributed by atoms with Crippen molar-refractivity contribution in [3.63, 3.8) is 0 Å². The lowest BCUT2D eigenvalue weighted by Crippen LogP contribution is -2.26. The Morgan fingerprint density at radius 2 is 1.74 bits per heavy atom. The first-order valence-electron chi connectivity index (χ1n) is 7.17. The molecular weight excluding hydrogens is 234 g/mol. The van der Waals surface area contributed by atoms with Crippen LogP contribution in [0.25, 0.3) is 0 Å². The zero-order chi connectivity index (χ0) is 14.5. The fraction of sp³-hybridized carbons (Fsp3) is 0.647. The Morgan fingerprint density at radius 1 is 1.16 bits per heavy atom. The van der Waals surface area contributed by atoms with E-state index < -0.39 is 0 Å². The smallest absolute Gasteiger partial charge is 0.0488 e. The van der Waals surface area contributed by atoms with Gasteiger partial charge in [-0.15, -0.1) is 0 Å². The lowest BCUT2D eigenvalue weighted by Gasteiger charge is -2.20. The SMILES string of the molecule is COCC(C)CC(N)Cc1ccc(C(C)(C)C)cc1. The maximum Gasteiger partial charge on any atom is 0.0488 e. The van der Waals surface area contributed by atoms with Gasteiger partial charge in [-0.05, 0) is 35.3 Å². The summed E-state index contributed by atoms with van der Waals surface area (Å²) in [5.41, 5.74) is 9.12. The third-order valence-electron chi connectivity index (χ3n) is 3.47. The van der Waals surface area contributed by atoms with Gasteiger partial charge in [-0.25, -0.2) is 0 Å². The highest BCUT2D eigenvalue weighted by Gasteiger charge is 2.14. The number of benzene rings is 1. The molecule has 0 heterocycles. The van der Waals surface area contributed by atoms with Crippen LogP contribution < -0.4 is 5.73 Å². The van der Waals surface area contributed by atoms with Crippen molar-refractivity contribution >= 4 is 0 Å². The predicted octanol–water partition coefficient (Wildman–Crippen LogP) is 3.53. The minimum absolute atomic E-state index is 0.214. The molecule has 0 spiro atoms. The zero-order valence-corrected chi connectivity index (χ0v) is 13.1. The van der Waals surface area contributed by atoms with Crippen LogP contribution in [0.3, 0.4) is 0 Å². The van der Waals surface area contributed by atoms with Crippen molar-refractivity contribution in [1.82, 2.24) is 0 Å². The van der Waals surface area contributed by atoms with Gasteiger partial charge in [-0.1, -0.05) is 52.0 Å². The molecule has 2 nitrogen and oxygen atoms in total. The predicted molar refractivity (Wildman–Crippen MR) is 82.5 cm³/mol. The molecule has 0 aliphatic rings. The van der Waals surface area contributed by atoms with E-state index in [1.165, 1.54) is 11.1 Å². The molecule has 0 amide bonds. The van der Waals surface area contributed by atoms with Gasteiger partial charge >= 0.3 is 0 Å². The Bertz CT molecular complexity index is 364. The molecule has 0 fully saturated rings. The van der Waals surface area contributed by atoms with Gasteiger partial charge in [0.15, 0.2) is 0 Å². The molecule has 2 heteroatoms. The van der Waals surface area contributed by atoms with E-state index >= 15 is 0 Å². The second kappa shape index (κ2) is 7.06. The summed E-state index contributed by atoms with van der Waals surface area (Å²) in [6.45, 7) is 9.68. The number of rotatable bonds is 6. The highest BCUT2D eigenvalue weighted by atomic mass is 16.5. The van der Waals surface area contributed by atoms with Crippen LogP contribution in [-0.2, 0) is 16.6 Å². The van der Waals surface area contributed by atoms with E-state index in [1.807, 2.05) is 0 Å². The van der Waals surface area contributed by atoms with Crippen molar-refractivity contribution in [1.29, 1.82) is 0 Å². The second-order valence-electron chi connectivity index (χ2n) is 6.71. The Hall–Kier alpha value is -0.860. The molecule has 2 unspecified atom stereocenters. The van der Waals surface area contributed by atoms with Crippen LogP contribution in [0.15, 0.2) is 24.3 Å². The zero-order valence-electron chi connectivity index (χ0n) is 13.1. The molecular formula is C17H29NO. The van der Waals surface area contributed by atoms with Crippen LogP contribution in [0.1, 0.15) is 45.2 Å². The quantitative estimate of drug-likeness (QED) is 0.852. The molecule has 0 aliphatic heterocycles. The van der Waals surface area contributed by atoms with Gasteiger partial charge in [0.25, 0.3) is 0 Å². The summed E-state index contributed by atoms with van der Waals surface area (Å²) in [5.74, 6) is 0.522. The van der Waals surface area contributed by atoms with Crippen molar-refractivity contribution in [2.24, 2.45) is 11.7 Å². The largest absolute Gasteiger partial charge is 0.384 e. The van der Waals surface area contributed by atoms with Crippen LogP contribution in [0.5, 0.6) is 0 Å². The average molecular weight is 263 g/mol. The summed E-state index contributed by atoms with van der Waals surface area (Å²) < 4.78 is 5.15. The second-order valence-corrected chi connectivity index (χ2v) is 6.71. The van der Waals surface area contributed by atoms with E-state index in [9.17, 15) is 0 Å². The Labute approximate surface area is 118 Å². The van der Waals surface area contributed by atoms with Crippen LogP contribution >= 0.6 is 0 Å². The lowest BCUT2D eigenvalue weighted by molar-refractivity contribution is 0.152. The van der Waals surface area contributed by atoms with Crippen LogP contribution in [0.4, 0.5) is 0 Å². The van der Waals surface area contributed by atoms with Gasteiger partial charge in [0.1, 0.15) is 0 Å². The van der Waals surface area contributed by atoms with E-state index in [0.29, 0.717) is 5.92 Å². The van der Waals surface area contributed by atoms with Gasteiger partial charge in [-0.3, -0.25) is 0 Å². The molecule has 1 rings (SSSR count). The fourth-order valence-electron chi connectivity index (χ4n) is 2.40. The summed E-state index contributed by atoms with van der Waals surface area (Å²) in [6, 6.07) is 9.08. The van der Waals surface area contributed by atoms with E-state index in [4.69, 9.17) is 10.5 Å². The Balaban J connectivity index is 2.53. The topological polar surface area (TPSA) is 35.2 Å². The van der Waals surface area contributed by atoms with E-state index in [-0.39, 0.29) is 11.5 Å². The fourth-order valence-corrected chi connectivity index (χ4v) is 2.40. The number of hydrogen-bond acceptors (Lipinski definition) is 2. The van der Waals surface area contributed by atoms with Crippen molar-refractivity contribution in [3.05, 3.63) is 35.4 Å². The van der Waals surface area contributed by atoms with Crippen molar-refractivity contribution < 1.29 is 4.74 Å². The van der Waals surface area contributed by atoms with Gasteiger partial charge in [0, 0.05) is 19.8 Å². The van der Waals surface area contributed by atoms with Gasteiger partial charge < -0.3 is 10.5 Å². The summed E-state index contributed by atoms with van der Waals surface area (Å²) in [5, 5.41) is 0. The molecule has 2 atom stereocenters. The molecule has 2 N–H and O–H groups in total. The highest BCUT2D eigenvalue weighted by molar-refractivity contribution is 5.27. The normalized spacial score (nSPS) is 15.3. The molecule has 1 aromatic carbocycles. The van der Waals surface area contributed by atoms with Crippen LogP contribution in [0, 0.1) is 5.92 Å². The number of nitrogens with two attached hydrogens (primary N) is 1. The number of hydrogen-bond donors (Lipinski definition) is 1. The highest BCUT2D eigenvalue weighted by Crippen LogP contribution is 2.22. The van der Waals surface area contributed by atoms with Crippen molar-refractivity contribution in [3.8, 4) is 0 Å². The minimum Gasteiger partial charge on any atom is -0.384 e. The molecule has 108 valence electrons. The summed E-state index contributed by atoms with van der Waals surface area (Å²) >= 11 is 0. The Morgan fingerprint density at radius 3 is 2.21 bits per heavy atom. The molecule has 0 aliphatic carbocycles. The van der Waals surface area contributed by atoms with Gasteiger partial charge in [0.2, 0.25) is 0 Å². The first kappa shape index (κ1) is 16.2. The van der Waals surface area contributed by atoms with Crippen LogP contribution in [0.2, 0.25) is 0 Å². The maximum atomic E-state index is 6.21. The summed E-state index contributed by atoms with van der Waals surface area (Å²) in [7, 11) is 1.74. The monoisotopic (exact) mass is 263 g/mol. The average Bonchev–Trinajstić information content (AvgIpc) is 2.28. The van der Waals surface area contributed by atoms with Gasteiger partial charge in [-0.2, -0.15) is 0 Å². The molecule has 1 aromatic rings. The van der Waals surface area contributed by atoms with Crippen LogP contribution in [-0.4, -0.2) is 19.8 Å². The molecule has 0 bridgehead atoms. The third kappa shape index (κ3) is 5.75. The summed E-state index contributed by atoms with van der Waals surface area (Å²) in [6.07, 6.45) is 1.95. The number of methoxy groups -OCH3 is 1. The number of ether oxygens (including phenoxy) is 1. The molecule has 19 heavy (non-hydrogen) atoms. The standard InChI is InChI=1S/C17H29NO/c1-13(12-19-5)10-16(18)11-14-6-8-15(9-7-14)17(2,3)4/h6-9,13,16H,10-12,18H2,1-5H3. The van der Waals surface area contributed by atoms with Crippen molar-refractivity contribution in [2.45, 2.75) is 52.0 Å². The minimum atomic E-state index is 0.214. The third-order valence-corrected chi connectivity index (χ3v) is 3.47. The lowest BCUT2D eigenvalue weighted by atomic mass is 9.86. The maximum absolute atomic E-state index is 6.21. The first-order valence-corrected chi connectivity index (χ1v) is 7.17. The summed E-state index contributed by atoms with van der Waals surface area (Å²) in [4.78, 5) is 0. The van der Waals surface area contributed by atoms with E-state index in [0.717, 1.165) is 19.4 Å². The molecule has 0 saturated heterocycles. The van der Waals surface area contributed by atoms with Gasteiger partial charge in [0.05, 0.1) is 0 Å². The Kier molecular flexibility index (Phi) is 6.02. The van der Waals surface area contributed by atoms with E-state index in [1.54, 1.807) is 7.11 Å². The molecule has 0 aromatic heterocycles. The molecule has 0 saturated carbocycles. The molecule has 0 radical (unpaired) electrons. The van der Waals surface area contributed by atoms with Crippen molar-refractivity contribution in [2.75, 3.05) is 13.7 Å². The van der Waals surface area contributed by atoms with E-state index in [2.05, 4.69) is 52.0 Å².